The van der Waals surface area contributed by atoms with E-state index in [2.05, 4.69) is 37.3 Å². The minimum Gasteiger partial charge on any atom is -0.251 e. The number of rotatable bonds is 7. The number of nitriles is 1. The van der Waals surface area contributed by atoms with Crippen molar-refractivity contribution in [2.45, 2.75) is 58.0 Å². The van der Waals surface area contributed by atoms with Crippen molar-refractivity contribution < 1.29 is 10.1 Å². The second-order valence-electron chi connectivity index (χ2n) is 7.76. The average molecular weight is 364 g/mol. The Morgan fingerprint density at radius 3 is 2.11 bits per heavy atom. The highest BCUT2D eigenvalue weighted by Crippen LogP contribution is 2.40. The third-order valence-corrected chi connectivity index (χ3v) is 5.99. The first-order valence-corrected chi connectivity index (χ1v) is 10.2. The van der Waals surface area contributed by atoms with Crippen molar-refractivity contribution in [2.24, 2.45) is 11.8 Å². The van der Waals surface area contributed by atoms with Gasteiger partial charge in [0, 0.05) is 0 Å². The molecule has 3 heteroatoms. The first-order chi connectivity index (χ1) is 13.2. The Bertz CT molecular complexity index is 737. The number of unbranched alkanes of at least 4 members (excludes halogenated alkanes) is 1. The fourth-order valence-corrected chi connectivity index (χ4v) is 4.29. The maximum absolute atomic E-state index is 9.55. The minimum absolute atomic E-state index is 0.243. The molecule has 1 unspecified atom stereocenters. The Labute approximate surface area is 162 Å². The predicted octanol–water partition coefficient (Wildman–Crippen LogP) is 6.75. The van der Waals surface area contributed by atoms with Gasteiger partial charge in [0.05, 0.1) is 11.6 Å². The number of nitrogens with zero attached hydrogens (tertiary/aromatic N) is 1. The summed E-state index contributed by atoms with van der Waals surface area (Å²) >= 11 is 0. The highest BCUT2D eigenvalue weighted by atomic mass is 17.1. The zero-order valence-corrected chi connectivity index (χ0v) is 16.1. The summed E-state index contributed by atoms with van der Waals surface area (Å²) in [6.45, 7) is 2.25. The molecule has 3 rings (SSSR count). The van der Waals surface area contributed by atoms with Crippen LogP contribution in [0.4, 0.5) is 0 Å². The number of benzene rings is 2. The van der Waals surface area contributed by atoms with E-state index in [0.717, 1.165) is 35.4 Å². The molecule has 0 amide bonds. The van der Waals surface area contributed by atoms with Crippen molar-refractivity contribution >= 4 is 0 Å². The van der Waals surface area contributed by atoms with E-state index in [0.29, 0.717) is 11.5 Å². The molecule has 1 N–H and O–H groups in total. The van der Waals surface area contributed by atoms with Crippen molar-refractivity contribution in [3.8, 4) is 17.2 Å². The van der Waals surface area contributed by atoms with E-state index in [1.54, 1.807) is 0 Å². The van der Waals surface area contributed by atoms with Gasteiger partial charge in [-0.25, -0.2) is 4.89 Å². The summed E-state index contributed by atoms with van der Waals surface area (Å²) in [6.07, 6.45) is 8.43. The number of hydrogen-bond donors (Lipinski definition) is 1. The molecule has 2 aromatic carbocycles. The van der Waals surface area contributed by atoms with Crippen LogP contribution in [-0.2, 0) is 4.89 Å². The first kappa shape index (κ1) is 19.6. The van der Waals surface area contributed by atoms with Crippen molar-refractivity contribution in [1.82, 2.24) is 0 Å². The van der Waals surface area contributed by atoms with Gasteiger partial charge in [0.25, 0.3) is 0 Å². The van der Waals surface area contributed by atoms with Crippen LogP contribution in [0.1, 0.15) is 69.1 Å². The molecule has 27 heavy (non-hydrogen) atoms. The molecule has 1 aliphatic rings. The van der Waals surface area contributed by atoms with Gasteiger partial charge in [-0.05, 0) is 53.5 Å². The molecule has 2 aromatic rings. The molecule has 0 aliphatic heterocycles. The smallest absolute Gasteiger partial charge is 0.120 e. The maximum Gasteiger partial charge on any atom is 0.120 e. The third kappa shape index (κ3) is 4.97. The van der Waals surface area contributed by atoms with Gasteiger partial charge in [0.1, 0.15) is 6.10 Å². The second kappa shape index (κ2) is 9.69. The Morgan fingerprint density at radius 1 is 1.00 bits per heavy atom. The Kier molecular flexibility index (Phi) is 7.04. The van der Waals surface area contributed by atoms with Crippen LogP contribution < -0.4 is 0 Å². The van der Waals surface area contributed by atoms with Gasteiger partial charge in [-0.15, -0.1) is 0 Å². The Balaban J connectivity index is 1.65. The summed E-state index contributed by atoms with van der Waals surface area (Å²) in [7, 11) is 0. The van der Waals surface area contributed by atoms with E-state index in [-0.39, 0.29) is 6.10 Å². The Morgan fingerprint density at radius 2 is 1.59 bits per heavy atom. The molecule has 0 bridgehead atoms. The topological polar surface area (TPSA) is 53.2 Å². The van der Waals surface area contributed by atoms with Gasteiger partial charge in [-0.3, -0.25) is 5.26 Å². The van der Waals surface area contributed by atoms with E-state index >= 15 is 0 Å². The fourth-order valence-electron chi connectivity index (χ4n) is 4.29. The highest BCUT2D eigenvalue weighted by Gasteiger charge is 2.29. The summed E-state index contributed by atoms with van der Waals surface area (Å²) in [5.41, 5.74) is 3.88. The van der Waals surface area contributed by atoms with Gasteiger partial charge >= 0.3 is 0 Å². The molecular weight excluding hydrogens is 334 g/mol. The summed E-state index contributed by atoms with van der Waals surface area (Å²) in [4.78, 5) is 4.93. The van der Waals surface area contributed by atoms with Gasteiger partial charge < -0.3 is 0 Å². The molecule has 3 nitrogen and oxygen atoms in total. The van der Waals surface area contributed by atoms with E-state index in [1.807, 2.05) is 24.3 Å². The van der Waals surface area contributed by atoms with Crippen LogP contribution in [0.5, 0.6) is 0 Å². The first-order valence-electron chi connectivity index (χ1n) is 10.2. The lowest BCUT2D eigenvalue weighted by Gasteiger charge is -2.32. The molecular formula is C24H29NO2. The Hall–Kier alpha value is -2.15. The lowest BCUT2D eigenvalue weighted by Crippen LogP contribution is -2.22. The lowest BCUT2D eigenvalue weighted by atomic mass is 9.76. The van der Waals surface area contributed by atoms with Gasteiger partial charge in [0.15, 0.2) is 0 Å². The van der Waals surface area contributed by atoms with Crippen molar-refractivity contribution in [1.29, 1.82) is 5.26 Å². The standard InChI is InChI=1S/C24H29NO2/c1-2-3-4-18-5-11-22(12-6-18)24(27-26)23-15-13-21(14-16-23)20-9-7-19(17-25)8-10-20/h7-10,13-16,18,22,24,26H,2-6,11-12H2,1H3. The average Bonchev–Trinajstić information content (AvgIpc) is 2.74. The van der Waals surface area contributed by atoms with E-state index in [1.165, 1.54) is 32.1 Å². The van der Waals surface area contributed by atoms with Crippen LogP contribution in [0, 0.1) is 23.2 Å². The summed E-state index contributed by atoms with van der Waals surface area (Å²) in [5.74, 6) is 1.23. The molecule has 0 spiro atoms. The normalized spacial score (nSPS) is 20.8. The quantitative estimate of drug-likeness (QED) is 0.437. The van der Waals surface area contributed by atoms with Crippen molar-refractivity contribution in [2.75, 3.05) is 0 Å². The zero-order chi connectivity index (χ0) is 19.1. The van der Waals surface area contributed by atoms with Crippen molar-refractivity contribution in [3.05, 3.63) is 59.7 Å². The summed E-state index contributed by atoms with van der Waals surface area (Å²) in [6, 6.07) is 18.0. The molecule has 0 radical (unpaired) electrons. The zero-order valence-electron chi connectivity index (χ0n) is 16.1. The largest absolute Gasteiger partial charge is 0.251 e. The second-order valence-corrected chi connectivity index (χ2v) is 7.76. The van der Waals surface area contributed by atoms with E-state index in [9.17, 15) is 5.26 Å². The van der Waals surface area contributed by atoms with Crippen LogP contribution in [-0.4, -0.2) is 5.26 Å². The van der Waals surface area contributed by atoms with Crippen LogP contribution in [0.2, 0.25) is 0 Å². The molecule has 1 fully saturated rings. The van der Waals surface area contributed by atoms with Gasteiger partial charge in [-0.1, -0.05) is 75.4 Å². The van der Waals surface area contributed by atoms with Crippen LogP contribution in [0.3, 0.4) is 0 Å². The third-order valence-electron chi connectivity index (χ3n) is 5.99. The molecule has 1 saturated carbocycles. The van der Waals surface area contributed by atoms with Gasteiger partial charge in [-0.2, -0.15) is 5.26 Å². The number of hydrogen-bond acceptors (Lipinski definition) is 3. The van der Waals surface area contributed by atoms with E-state index in [4.69, 9.17) is 10.1 Å². The molecule has 0 aromatic heterocycles. The minimum atomic E-state index is -0.243. The lowest BCUT2D eigenvalue weighted by molar-refractivity contribution is -0.296. The molecule has 0 heterocycles. The SMILES string of the molecule is CCCCC1CCC(C(OO)c2ccc(-c3ccc(C#N)cc3)cc2)CC1. The summed E-state index contributed by atoms with van der Waals surface area (Å²) < 4.78 is 0. The molecule has 0 saturated heterocycles. The van der Waals surface area contributed by atoms with Crippen LogP contribution >= 0.6 is 0 Å². The monoisotopic (exact) mass is 363 g/mol. The molecule has 1 atom stereocenters. The molecule has 1 aliphatic carbocycles. The van der Waals surface area contributed by atoms with Gasteiger partial charge in [0.2, 0.25) is 0 Å². The van der Waals surface area contributed by atoms with Crippen molar-refractivity contribution in [3.63, 3.8) is 0 Å². The highest BCUT2D eigenvalue weighted by molar-refractivity contribution is 5.64. The maximum atomic E-state index is 9.55. The van der Waals surface area contributed by atoms with Crippen LogP contribution in [0.15, 0.2) is 48.5 Å². The fraction of sp³-hybridized carbons (Fsp3) is 0.458. The molecule has 142 valence electrons. The predicted molar refractivity (Wildman–Crippen MR) is 108 cm³/mol. The van der Waals surface area contributed by atoms with E-state index < -0.39 is 0 Å². The van der Waals surface area contributed by atoms with Crippen LogP contribution in [0.25, 0.3) is 11.1 Å². The summed E-state index contributed by atoms with van der Waals surface area (Å²) in [5, 5.41) is 18.5.